The lowest BCUT2D eigenvalue weighted by Gasteiger charge is -2.24. The molecule has 0 bridgehead atoms. The fourth-order valence-corrected chi connectivity index (χ4v) is 3.75. The topological polar surface area (TPSA) is 26.3 Å². The maximum atomic E-state index is 10.8. The molecule has 1 aromatic carbocycles. The van der Waals surface area contributed by atoms with Gasteiger partial charge in [0.1, 0.15) is 12.0 Å². The van der Waals surface area contributed by atoms with Gasteiger partial charge >= 0.3 is 0 Å². The first kappa shape index (κ1) is 17.7. The summed E-state index contributed by atoms with van der Waals surface area (Å²) in [5.41, 5.74) is 0.679. The molecule has 1 unspecified atom stereocenters. The zero-order valence-corrected chi connectivity index (χ0v) is 14.6. The van der Waals surface area contributed by atoms with Gasteiger partial charge in [0.05, 0.1) is 51.9 Å². The van der Waals surface area contributed by atoms with Crippen LogP contribution in [-0.2, 0) is 0 Å². The molecule has 1 aliphatic heterocycles. The van der Waals surface area contributed by atoms with E-state index in [1.165, 1.54) is 6.32 Å². The van der Waals surface area contributed by atoms with Crippen LogP contribution in [-0.4, -0.2) is 83.7 Å². The highest BCUT2D eigenvalue weighted by atomic mass is 16.5. The fraction of sp³-hybridized carbons (Fsp3) is 0.300. The summed E-state index contributed by atoms with van der Waals surface area (Å²) in [6.45, 7) is 1.58. The van der Waals surface area contributed by atoms with E-state index in [-0.39, 0.29) is 0 Å². The SMILES string of the molecule is BB(B)B(B)B(B(B)B)B1CC1COc1cccc(C=O)c1. The van der Waals surface area contributed by atoms with Crippen molar-refractivity contribution in [2.45, 2.75) is 12.1 Å². The Labute approximate surface area is 141 Å². The van der Waals surface area contributed by atoms with E-state index in [0.717, 1.165) is 50.8 Å². The van der Waals surface area contributed by atoms with Crippen LogP contribution in [0.4, 0.5) is 0 Å². The molecular weight excluding hydrogens is 260 g/mol. The molecule has 0 aliphatic carbocycles. The third kappa shape index (κ3) is 4.43. The van der Waals surface area contributed by atoms with Crippen LogP contribution in [0.15, 0.2) is 24.3 Å². The predicted octanol–water partition coefficient (Wildman–Crippen LogP) is -4.30. The smallest absolute Gasteiger partial charge is 0.150 e. The van der Waals surface area contributed by atoms with Gasteiger partial charge in [0, 0.05) is 31.1 Å². The summed E-state index contributed by atoms with van der Waals surface area (Å²) in [6.07, 6.45) is 5.16. The summed E-state index contributed by atoms with van der Waals surface area (Å²) >= 11 is 0. The number of carbonyl (C=O) groups is 1. The van der Waals surface area contributed by atoms with Crippen LogP contribution >= 0.6 is 0 Å². The first-order valence-corrected chi connectivity index (χ1v) is 8.62. The summed E-state index contributed by atoms with van der Waals surface area (Å²) in [6, 6.07) is 7.43. The second-order valence-corrected chi connectivity index (χ2v) is 7.59. The molecule has 2 nitrogen and oxygen atoms in total. The highest BCUT2D eigenvalue weighted by Crippen LogP contribution is 2.39. The summed E-state index contributed by atoms with van der Waals surface area (Å²) in [5, 5.41) is 0. The quantitative estimate of drug-likeness (QED) is 0.356. The van der Waals surface area contributed by atoms with Gasteiger partial charge in [-0.2, -0.15) is 0 Å². The van der Waals surface area contributed by atoms with Crippen molar-refractivity contribution in [3.63, 3.8) is 0 Å². The van der Waals surface area contributed by atoms with E-state index in [1.54, 1.807) is 6.07 Å². The predicted molar refractivity (Wildman–Crippen MR) is 117 cm³/mol. The van der Waals surface area contributed by atoms with E-state index < -0.39 is 0 Å². The second-order valence-electron chi connectivity index (χ2n) is 7.59. The molecule has 12 heteroatoms. The van der Waals surface area contributed by atoms with Gasteiger partial charge in [0.15, 0.2) is 0 Å². The van der Waals surface area contributed by atoms with E-state index in [9.17, 15) is 4.79 Å². The zero-order valence-electron chi connectivity index (χ0n) is 14.6. The summed E-state index contributed by atoms with van der Waals surface area (Å²) in [5.74, 6) is 1.49. The van der Waals surface area contributed by atoms with E-state index in [4.69, 9.17) is 4.74 Å². The zero-order chi connectivity index (χ0) is 16.3. The van der Waals surface area contributed by atoms with Crippen molar-refractivity contribution in [1.82, 2.24) is 0 Å². The molecule has 0 amide bonds. The fourth-order valence-electron chi connectivity index (χ4n) is 3.75. The molecule has 0 spiro atoms. The molecule has 22 heavy (non-hydrogen) atoms. The van der Waals surface area contributed by atoms with Crippen molar-refractivity contribution in [2.24, 2.45) is 0 Å². The summed E-state index contributed by atoms with van der Waals surface area (Å²) < 4.78 is 5.91. The van der Waals surface area contributed by atoms with Crippen molar-refractivity contribution in [1.29, 1.82) is 0 Å². The number of hydrogen-bond acceptors (Lipinski definition) is 2. The minimum atomic E-state index is 0.675. The minimum absolute atomic E-state index is 0.675. The molecule has 1 aliphatic rings. The Morgan fingerprint density at radius 3 is 2.55 bits per heavy atom. The number of benzene rings is 1. The van der Waals surface area contributed by atoms with Crippen LogP contribution in [0.25, 0.3) is 0 Å². The third-order valence-corrected chi connectivity index (χ3v) is 5.36. The van der Waals surface area contributed by atoms with Gasteiger partial charge in [0.25, 0.3) is 0 Å². The number of hydrogen-bond donors (Lipinski definition) is 0. The van der Waals surface area contributed by atoms with Gasteiger partial charge in [0.2, 0.25) is 0 Å². The first-order chi connectivity index (χ1) is 10.4. The highest BCUT2D eigenvalue weighted by Gasteiger charge is 2.50. The normalized spacial score (nSPS) is 15.8. The van der Waals surface area contributed by atoms with Crippen molar-refractivity contribution in [3.8, 4) is 5.75 Å². The Morgan fingerprint density at radius 2 is 1.95 bits per heavy atom. The Kier molecular flexibility index (Phi) is 6.23. The molecular formula is C10H20B10O2. The Balaban J connectivity index is 1.89. The van der Waals surface area contributed by atoms with Crippen LogP contribution in [0.3, 0.4) is 0 Å². The van der Waals surface area contributed by atoms with Crippen LogP contribution in [0.5, 0.6) is 5.75 Å². The monoisotopic (exact) mass is 282 g/mol. The average molecular weight is 280 g/mol. The van der Waals surface area contributed by atoms with E-state index in [2.05, 4.69) is 38.7 Å². The van der Waals surface area contributed by atoms with Crippen LogP contribution < -0.4 is 4.74 Å². The van der Waals surface area contributed by atoms with Crippen molar-refractivity contribution < 1.29 is 9.53 Å². The minimum Gasteiger partial charge on any atom is -0.494 e. The molecule has 0 radical (unpaired) electrons. The molecule has 1 saturated heterocycles. The van der Waals surface area contributed by atoms with E-state index in [0.29, 0.717) is 11.4 Å². The third-order valence-electron chi connectivity index (χ3n) is 5.36. The van der Waals surface area contributed by atoms with Crippen molar-refractivity contribution >= 4 is 77.1 Å². The number of ether oxygens (including phenoxy) is 1. The number of aldehydes is 1. The molecule has 1 aromatic rings. The molecule has 1 heterocycles. The number of carbonyl (C=O) groups excluding carboxylic acids is 1. The van der Waals surface area contributed by atoms with Crippen LogP contribution in [0.2, 0.25) is 12.1 Å². The lowest BCUT2D eigenvalue weighted by Crippen LogP contribution is -2.63. The largest absolute Gasteiger partial charge is 0.494 e. The first-order valence-electron chi connectivity index (χ1n) is 8.62. The van der Waals surface area contributed by atoms with Gasteiger partial charge in [-0.1, -0.05) is 18.5 Å². The maximum absolute atomic E-state index is 10.8. The van der Waals surface area contributed by atoms with Gasteiger partial charge in [-0.25, -0.2) is 0 Å². The highest BCUT2D eigenvalue weighted by molar-refractivity contribution is 8.01. The molecule has 0 aromatic heterocycles. The standard InChI is InChI=1S/C10H20B10O2/c11-17(12)19(15)20(18(13)14)16-5-9(16)7-22-10-3-1-2-8(4-10)6-21/h1-4,6,9H,5,7,11-15H2. The van der Waals surface area contributed by atoms with Gasteiger partial charge in [-0.15, -0.1) is 0 Å². The van der Waals surface area contributed by atoms with Gasteiger partial charge < -0.3 is 4.74 Å². The van der Waals surface area contributed by atoms with Crippen molar-refractivity contribution in [2.75, 3.05) is 6.61 Å². The summed E-state index contributed by atoms with van der Waals surface area (Å²) in [4.78, 5) is 10.8. The lowest BCUT2D eigenvalue weighted by atomic mass is 8.57. The molecule has 1 atom stereocenters. The van der Waals surface area contributed by atoms with Crippen molar-refractivity contribution in [3.05, 3.63) is 29.8 Å². The van der Waals surface area contributed by atoms with Crippen LogP contribution in [0.1, 0.15) is 10.4 Å². The molecule has 0 saturated carbocycles. The van der Waals surface area contributed by atoms with E-state index >= 15 is 0 Å². The Bertz CT molecular complexity index is 512. The number of rotatable bonds is 8. The van der Waals surface area contributed by atoms with Gasteiger partial charge in [-0.3, -0.25) is 4.79 Å². The van der Waals surface area contributed by atoms with Crippen LogP contribution in [0, 0.1) is 0 Å². The lowest BCUT2D eigenvalue weighted by molar-refractivity contribution is 0.112. The van der Waals surface area contributed by atoms with Gasteiger partial charge in [-0.05, 0) is 17.9 Å². The molecule has 102 valence electrons. The van der Waals surface area contributed by atoms with E-state index in [1.807, 2.05) is 18.2 Å². The second kappa shape index (κ2) is 7.75. The Morgan fingerprint density at radius 1 is 1.23 bits per heavy atom. The summed E-state index contributed by atoms with van der Waals surface area (Å²) in [7, 11) is 11.8. The molecule has 2 rings (SSSR count). The average Bonchev–Trinajstić information content (AvgIpc) is 3.24. The Hall–Kier alpha value is -0.661. The molecule has 0 N–H and O–H groups in total. The molecule has 1 fully saturated rings. The maximum Gasteiger partial charge on any atom is 0.150 e.